The quantitative estimate of drug-likeness (QED) is 0.633. The molecular formula is C19H25NO3. The van der Waals surface area contributed by atoms with Gasteiger partial charge in [-0.1, -0.05) is 31.4 Å². The number of nitrogens with one attached hydrogen (secondary N) is 1. The van der Waals surface area contributed by atoms with Gasteiger partial charge in [0.25, 0.3) is 0 Å². The number of rotatable bonds is 6. The molecule has 4 nitrogen and oxygen atoms in total. The van der Waals surface area contributed by atoms with Gasteiger partial charge >= 0.3 is 5.97 Å². The van der Waals surface area contributed by atoms with Gasteiger partial charge in [-0.3, -0.25) is 4.79 Å². The molecule has 0 heterocycles. The van der Waals surface area contributed by atoms with Crippen molar-refractivity contribution < 1.29 is 14.3 Å². The first kappa shape index (κ1) is 17.3. The number of benzene rings is 1. The second kappa shape index (κ2) is 9.13. The fraction of sp³-hybridized carbons (Fsp3) is 0.474. The fourth-order valence-corrected chi connectivity index (χ4v) is 2.90. The summed E-state index contributed by atoms with van der Waals surface area (Å²) in [6, 6.07) is 7.44. The predicted molar refractivity (Wildman–Crippen MR) is 91.9 cm³/mol. The Morgan fingerprint density at radius 1 is 1.17 bits per heavy atom. The number of hydrogen-bond acceptors (Lipinski definition) is 3. The highest BCUT2D eigenvalue weighted by Gasteiger charge is 2.16. The summed E-state index contributed by atoms with van der Waals surface area (Å²) in [5, 5.41) is 2.95. The summed E-state index contributed by atoms with van der Waals surface area (Å²) in [7, 11) is 0. The molecule has 1 N–H and O–H groups in total. The molecule has 0 aliphatic heterocycles. The molecule has 23 heavy (non-hydrogen) atoms. The lowest BCUT2D eigenvalue weighted by molar-refractivity contribution is -0.137. The largest absolute Gasteiger partial charge is 0.463 e. The number of amides is 1. The maximum absolute atomic E-state index is 12.1. The molecule has 4 heteroatoms. The Hall–Kier alpha value is -2.10. The minimum Gasteiger partial charge on any atom is -0.463 e. The van der Waals surface area contributed by atoms with E-state index in [1.807, 2.05) is 24.3 Å². The van der Waals surface area contributed by atoms with Crippen molar-refractivity contribution in [2.24, 2.45) is 5.92 Å². The Bertz CT molecular complexity index is 542. The summed E-state index contributed by atoms with van der Waals surface area (Å²) in [5.41, 5.74) is 1.68. The fourth-order valence-electron chi connectivity index (χ4n) is 2.90. The minimum absolute atomic E-state index is 0.0896. The number of hydrogen-bond donors (Lipinski definition) is 1. The van der Waals surface area contributed by atoms with Crippen LogP contribution in [0.25, 0.3) is 6.08 Å². The molecule has 1 saturated carbocycles. The molecule has 2 rings (SSSR count). The van der Waals surface area contributed by atoms with Crippen molar-refractivity contribution in [2.45, 2.75) is 45.4 Å². The molecule has 0 bridgehead atoms. The van der Waals surface area contributed by atoms with E-state index in [0.717, 1.165) is 11.3 Å². The smallest absolute Gasteiger partial charge is 0.330 e. The third-order valence-corrected chi connectivity index (χ3v) is 4.09. The summed E-state index contributed by atoms with van der Waals surface area (Å²) in [6.07, 6.45) is 9.87. The first-order valence-corrected chi connectivity index (χ1v) is 8.42. The molecule has 1 aliphatic carbocycles. The van der Waals surface area contributed by atoms with Crippen LogP contribution in [-0.4, -0.2) is 18.5 Å². The molecule has 0 aromatic heterocycles. The third kappa shape index (κ3) is 6.27. The Labute approximate surface area is 137 Å². The summed E-state index contributed by atoms with van der Waals surface area (Å²) in [4.78, 5) is 23.3. The summed E-state index contributed by atoms with van der Waals surface area (Å²) < 4.78 is 4.83. The molecule has 1 amide bonds. The first-order chi connectivity index (χ1) is 11.2. The SMILES string of the molecule is CCOC(=O)/C=C/c1ccc(NC(=O)CC2CCCCC2)cc1. The zero-order chi connectivity index (χ0) is 16.5. The molecule has 0 spiro atoms. The summed E-state index contributed by atoms with van der Waals surface area (Å²) in [5.74, 6) is 0.277. The highest BCUT2D eigenvalue weighted by atomic mass is 16.5. The Balaban J connectivity index is 1.82. The third-order valence-electron chi connectivity index (χ3n) is 4.09. The molecular weight excluding hydrogens is 290 g/mol. The Morgan fingerprint density at radius 3 is 2.52 bits per heavy atom. The van der Waals surface area contributed by atoms with Gasteiger partial charge in [-0.2, -0.15) is 0 Å². The van der Waals surface area contributed by atoms with Crippen molar-refractivity contribution in [1.29, 1.82) is 0 Å². The van der Waals surface area contributed by atoms with E-state index in [-0.39, 0.29) is 11.9 Å². The van der Waals surface area contributed by atoms with E-state index in [4.69, 9.17) is 4.74 Å². The lowest BCUT2D eigenvalue weighted by atomic mass is 9.87. The van der Waals surface area contributed by atoms with Crippen LogP contribution in [-0.2, 0) is 14.3 Å². The van der Waals surface area contributed by atoms with Crippen molar-refractivity contribution in [2.75, 3.05) is 11.9 Å². The minimum atomic E-state index is -0.350. The molecule has 1 fully saturated rings. The molecule has 0 radical (unpaired) electrons. The number of anilines is 1. The van der Waals surface area contributed by atoms with Gasteiger partial charge < -0.3 is 10.1 Å². The molecule has 0 atom stereocenters. The highest BCUT2D eigenvalue weighted by molar-refractivity contribution is 5.91. The average Bonchev–Trinajstić information content (AvgIpc) is 2.55. The van der Waals surface area contributed by atoms with Crippen LogP contribution in [0.4, 0.5) is 5.69 Å². The van der Waals surface area contributed by atoms with Gasteiger partial charge in [0.1, 0.15) is 0 Å². The number of carbonyl (C=O) groups is 2. The molecule has 0 saturated heterocycles. The van der Waals surface area contributed by atoms with Gasteiger partial charge in [0.05, 0.1) is 6.61 Å². The van der Waals surface area contributed by atoms with E-state index in [1.165, 1.54) is 38.2 Å². The van der Waals surface area contributed by atoms with Gasteiger partial charge in [-0.25, -0.2) is 4.79 Å². The number of carbonyl (C=O) groups excluding carboxylic acids is 2. The van der Waals surface area contributed by atoms with Gasteiger partial charge in [0.15, 0.2) is 0 Å². The molecule has 1 aromatic rings. The average molecular weight is 315 g/mol. The zero-order valence-corrected chi connectivity index (χ0v) is 13.7. The normalized spacial score (nSPS) is 15.5. The van der Waals surface area contributed by atoms with Crippen molar-refractivity contribution in [3.8, 4) is 0 Å². The van der Waals surface area contributed by atoms with Crippen LogP contribution in [0.3, 0.4) is 0 Å². The van der Waals surface area contributed by atoms with Crippen molar-refractivity contribution >= 4 is 23.6 Å². The zero-order valence-electron chi connectivity index (χ0n) is 13.7. The van der Waals surface area contributed by atoms with Crippen LogP contribution < -0.4 is 5.32 Å². The number of ether oxygens (including phenoxy) is 1. The molecule has 0 unspecified atom stereocenters. The van der Waals surface area contributed by atoms with Crippen LogP contribution in [0.1, 0.15) is 51.0 Å². The first-order valence-electron chi connectivity index (χ1n) is 8.42. The Kier molecular flexibility index (Phi) is 6.85. The lowest BCUT2D eigenvalue weighted by Crippen LogP contribution is -2.18. The monoisotopic (exact) mass is 315 g/mol. The van der Waals surface area contributed by atoms with Crippen LogP contribution in [0.15, 0.2) is 30.3 Å². The van der Waals surface area contributed by atoms with Crippen molar-refractivity contribution in [1.82, 2.24) is 0 Å². The molecule has 1 aromatic carbocycles. The van der Waals surface area contributed by atoms with Gasteiger partial charge in [0, 0.05) is 18.2 Å². The van der Waals surface area contributed by atoms with Crippen LogP contribution in [0.2, 0.25) is 0 Å². The topological polar surface area (TPSA) is 55.4 Å². The second-order valence-corrected chi connectivity index (χ2v) is 5.96. The Morgan fingerprint density at radius 2 is 1.87 bits per heavy atom. The maximum atomic E-state index is 12.1. The molecule has 1 aliphatic rings. The lowest BCUT2D eigenvalue weighted by Gasteiger charge is -2.20. The second-order valence-electron chi connectivity index (χ2n) is 5.96. The van der Waals surface area contributed by atoms with Gasteiger partial charge in [-0.15, -0.1) is 0 Å². The van der Waals surface area contributed by atoms with E-state index in [1.54, 1.807) is 13.0 Å². The summed E-state index contributed by atoms with van der Waals surface area (Å²) >= 11 is 0. The van der Waals surface area contributed by atoms with Crippen LogP contribution >= 0.6 is 0 Å². The predicted octanol–water partition coefficient (Wildman–Crippen LogP) is 4.17. The maximum Gasteiger partial charge on any atom is 0.330 e. The van der Waals surface area contributed by atoms with E-state index < -0.39 is 0 Å². The number of esters is 1. The van der Waals surface area contributed by atoms with Crippen LogP contribution in [0.5, 0.6) is 0 Å². The highest BCUT2D eigenvalue weighted by Crippen LogP contribution is 2.26. The van der Waals surface area contributed by atoms with Gasteiger partial charge in [-0.05, 0) is 49.5 Å². The summed E-state index contributed by atoms with van der Waals surface area (Å²) in [6.45, 7) is 2.14. The van der Waals surface area contributed by atoms with Gasteiger partial charge in [0.2, 0.25) is 5.91 Å². The molecule has 124 valence electrons. The van der Waals surface area contributed by atoms with E-state index >= 15 is 0 Å². The van der Waals surface area contributed by atoms with E-state index in [2.05, 4.69) is 5.32 Å². The van der Waals surface area contributed by atoms with Crippen molar-refractivity contribution in [3.63, 3.8) is 0 Å². The standard InChI is InChI=1S/C19H25NO3/c1-2-23-19(22)13-10-15-8-11-17(12-9-15)20-18(21)14-16-6-4-3-5-7-16/h8-13,16H,2-7,14H2,1H3,(H,20,21)/b13-10+. The van der Waals surface area contributed by atoms with Crippen LogP contribution in [0, 0.1) is 5.92 Å². The van der Waals surface area contributed by atoms with Crippen molar-refractivity contribution in [3.05, 3.63) is 35.9 Å². The van der Waals surface area contributed by atoms with E-state index in [0.29, 0.717) is 18.9 Å². The van der Waals surface area contributed by atoms with E-state index in [9.17, 15) is 9.59 Å².